The molecule has 3 heteroatoms. The summed E-state index contributed by atoms with van der Waals surface area (Å²) in [5.74, 6) is -0.00178. The first-order chi connectivity index (χ1) is 7.04. The van der Waals surface area contributed by atoms with Gasteiger partial charge in [0, 0.05) is 25.5 Å². The van der Waals surface area contributed by atoms with Crippen LogP contribution in [-0.4, -0.2) is 23.0 Å². The number of aliphatic hydroxyl groups is 1. The molecular formula is C12H15NO2. The molecule has 0 bridgehead atoms. The van der Waals surface area contributed by atoms with Gasteiger partial charge in [0.1, 0.15) is 0 Å². The summed E-state index contributed by atoms with van der Waals surface area (Å²) >= 11 is 0. The number of carbonyl (C=O) groups excluding carboxylic acids is 1. The third-order valence-electron chi connectivity index (χ3n) is 3.13. The highest BCUT2D eigenvalue weighted by Crippen LogP contribution is 2.35. The van der Waals surface area contributed by atoms with Gasteiger partial charge in [-0.2, -0.15) is 0 Å². The summed E-state index contributed by atoms with van der Waals surface area (Å²) < 4.78 is 0. The first-order valence-corrected chi connectivity index (χ1v) is 5.10. The van der Waals surface area contributed by atoms with E-state index in [2.05, 4.69) is 0 Å². The maximum atomic E-state index is 11.4. The highest BCUT2D eigenvalue weighted by atomic mass is 16.3. The minimum Gasteiger partial charge on any atom is -0.367 e. The highest BCUT2D eigenvalue weighted by Gasteiger charge is 2.42. The number of carbonyl (C=O) groups is 1. The molecule has 1 N–H and O–H groups in total. The average Bonchev–Trinajstić information content (AvgIpc) is 2.48. The van der Waals surface area contributed by atoms with Crippen LogP contribution in [0.1, 0.15) is 24.0 Å². The number of hydrogen-bond donors (Lipinski definition) is 1. The van der Waals surface area contributed by atoms with Crippen molar-refractivity contribution in [1.82, 2.24) is 4.90 Å². The van der Waals surface area contributed by atoms with Crippen molar-refractivity contribution in [2.45, 2.75) is 25.5 Å². The third-order valence-corrected chi connectivity index (χ3v) is 3.13. The molecule has 0 aromatic heterocycles. The number of likely N-dealkylation sites (tertiary alicyclic amines) is 1. The van der Waals surface area contributed by atoms with Gasteiger partial charge in [-0.15, -0.1) is 0 Å². The van der Waals surface area contributed by atoms with Crippen LogP contribution >= 0.6 is 0 Å². The molecule has 0 saturated carbocycles. The van der Waals surface area contributed by atoms with Crippen molar-refractivity contribution < 1.29 is 9.90 Å². The van der Waals surface area contributed by atoms with E-state index in [1.807, 2.05) is 31.2 Å². The van der Waals surface area contributed by atoms with E-state index in [1.54, 1.807) is 7.05 Å². The van der Waals surface area contributed by atoms with E-state index in [1.165, 1.54) is 4.90 Å². The molecule has 1 fully saturated rings. The lowest BCUT2D eigenvalue weighted by atomic mass is 9.99. The summed E-state index contributed by atoms with van der Waals surface area (Å²) in [6, 6.07) is 7.66. The molecule has 1 aliphatic heterocycles. The fourth-order valence-corrected chi connectivity index (χ4v) is 1.98. The van der Waals surface area contributed by atoms with Gasteiger partial charge in [0.05, 0.1) is 0 Å². The Balaban J connectivity index is 2.38. The Hall–Kier alpha value is -1.35. The van der Waals surface area contributed by atoms with E-state index in [0.717, 1.165) is 11.1 Å². The Kier molecular flexibility index (Phi) is 2.27. The first-order valence-electron chi connectivity index (χ1n) is 5.10. The van der Waals surface area contributed by atoms with Gasteiger partial charge in [-0.05, 0) is 6.92 Å². The standard InChI is InChI=1S/C12H15NO2/c1-9-3-5-10(6-4-9)12(15)8-7-11(14)13(12)2/h3-6,15H,7-8H2,1-2H3. The molecule has 0 radical (unpaired) electrons. The zero-order valence-electron chi connectivity index (χ0n) is 9.03. The van der Waals surface area contributed by atoms with Crippen LogP contribution in [0.3, 0.4) is 0 Å². The Morgan fingerprint density at radius 3 is 2.40 bits per heavy atom. The van der Waals surface area contributed by atoms with E-state index in [-0.39, 0.29) is 5.91 Å². The molecule has 3 nitrogen and oxygen atoms in total. The highest BCUT2D eigenvalue weighted by molar-refractivity contribution is 5.79. The molecule has 0 spiro atoms. The van der Waals surface area contributed by atoms with E-state index in [9.17, 15) is 9.90 Å². The molecule has 1 atom stereocenters. The van der Waals surface area contributed by atoms with Gasteiger partial charge in [-0.25, -0.2) is 0 Å². The van der Waals surface area contributed by atoms with Crippen molar-refractivity contribution in [1.29, 1.82) is 0 Å². The summed E-state index contributed by atoms with van der Waals surface area (Å²) in [5, 5.41) is 10.4. The molecule has 1 aromatic carbocycles. The minimum absolute atomic E-state index is 0.00178. The van der Waals surface area contributed by atoms with E-state index < -0.39 is 5.72 Å². The predicted molar refractivity (Wildman–Crippen MR) is 57.1 cm³/mol. The lowest BCUT2D eigenvalue weighted by Gasteiger charge is -2.31. The van der Waals surface area contributed by atoms with Crippen LogP contribution in [-0.2, 0) is 10.5 Å². The fourth-order valence-electron chi connectivity index (χ4n) is 1.98. The van der Waals surface area contributed by atoms with Crippen LogP contribution in [0.4, 0.5) is 0 Å². The average molecular weight is 205 g/mol. The molecular weight excluding hydrogens is 190 g/mol. The van der Waals surface area contributed by atoms with Crippen molar-refractivity contribution in [2.75, 3.05) is 7.05 Å². The van der Waals surface area contributed by atoms with Crippen molar-refractivity contribution in [3.8, 4) is 0 Å². The molecule has 1 aromatic rings. The second-order valence-corrected chi connectivity index (χ2v) is 4.14. The monoisotopic (exact) mass is 205 g/mol. The second-order valence-electron chi connectivity index (χ2n) is 4.14. The van der Waals surface area contributed by atoms with E-state index in [0.29, 0.717) is 12.8 Å². The van der Waals surface area contributed by atoms with Gasteiger partial charge in [0.2, 0.25) is 5.91 Å². The normalized spacial score (nSPS) is 26.1. The number of amides is 1. The summed E-state index contributed by atoms with van der Waals surface area (Å²) in [6.07, 6.45) is 0.895. The van der Waals surface area contributed by atoms with E-state index in [4.69, 9.17) is 0 Å². The van der Waals surface area contributed by atoms with Gasteiger partial charge in [0.15, 0.2) is 5.72 Å². The van der Waals surface area contributed by atoms with Crippen molar-refractivity contribution in [3.63, 3.8) is 0 Å². The van der Waals surface area contributed by atoms with Crippen molar-refractivity contribution in [3.05, 3.63) is 35.4 Å². The van der Waals surface area contributed by atoms with Crippen LogP contribution in [0, 0.1) is 6.92 Å². The number of benzene rings is 1. The maximum Gasteiger partial charge on any atom is 0.225 e. The topological polar surface area (TPSA) is 40.5 Å². The van der Waals surface area contributed by atoms with Crippen molar-refractivity contribution in [2.24, 2.45) is 0 Å². The van der Waals surface area contributed by atoms with Gasteiger partial charge in [0.25, 0.3) is 0 Å². The summed E-state index contributed by atoms with van der Waals surface area (Å²) in [7, 11) is 1.65. The molecule has 15 heavy (non-hydrogen) atoms. The maximum absolute atomic E-state index is 11.4. The quantitative estimate of drug-likeness (QED) is 0.752. The lowest BCUT2D eigenvalue weighted by molar-refractivity contribution is -0.142. The van der Waals surface area contributed by atoms with E-state index >= 15 is 0 Å². The smallest absolute Gasteiger partial charge is 0.225 e. The molecule has 1 saturated heterocycles. The molecule has 1 heterocycles. The second kappa shape index (κ2) is 3.35. The molecule has 1 amide bonds. The van der Waals surface area contributed by atoms with Gasteiger partial charge in [-0.1, -0.05) is 29.8 Å². The molecule has 1 aliphatic rings. The molecule has 0 aliphatic carbocycles. The summed E-state index contributed by atoms with van der Waals surface area (Å²) in [4.78, 5) is 12.8. The Morgan fingerprint density at radius 1 is 1.33 bits per heavy atom. The fraction of sp³-hybridized carbons (Fsp3) is 0.417. The van der Waals surface area contributed by atoms with Crippen LogP contribution in [0.25, 0.3) is 0 Å². The van der Waals surface area contributed by atoms with Crippen LogP contribution < -0.4 is 0 Å². The van der Waals surface area contributed by atoms with Crippen LogP contribution in [0.5, 0.6) is 0 Å². The van der Waals surface area contributed by atoms with Gasteiger partial charge >= 0.3 is 0 Å². The SMILES string of the molecule is Cc1ccc(C2(O)CCC(=O)N2C)cc1. The van der Waals surface area contributed by atoms with Gasteiger partial charge in [-0.3, -0.25) is 4.79 Å². The molecule has 1 unspecified atom stereocenters. The third kappa shape index (κ3) is 1.53. The summed E-state index contributed by atoms with van der Waals surface area (Å²) in [5.41, 5.74) is 0.834. The minimum atomic E-state index is -1.11. The zero-order valence-corrected chi connectivity index (χ0v) is 9.03. The van der Waals surface area contributed by atoms with Crippen LogP contribution in [0.15, 0.2) is 24.3 Å². The number of rotatable bonds is 1. The first kappa shape index (κ1) is 10.2. The molecule has 80 valence electrons. The number of hydrogen-bond acceptors (Lipinski definition) is 2. The number of nitrogens with zero attached hydrogens (tertiary/aromatic N) is 1. The Morgan fingerprint density at radius 2 is 1.93 bits per heavy atom. The summed E-state index contributed by atoms with van der Waals surface area (Å²) in [6.45, 7) is 2.00. The largest absolute Gasteiger partial charge is 0.367 e. The Labute approximate surface area is 89.3 Å². The number of aryl methyl sites for hydroxylation is 1. The van der Waals surface area contributed by atoms with Crippen LogP contribution in [0.2, 0.25) is 0 Å². The lowest BCUT2D eigenvalue weighted by Crippen LogP contribution is -2.40. The zero-order chi connectivity index (χ0) is 11.1. The van der Waals surface area contributed by atoms with Gasteiger partial charge < -0.3 is 10.0 Å². The predicted octanol–water partition coefficient (Wildman–Crippen LogP) is 1.39. The molecule has 2 rings (SSSR count). The Bertz CT molecular complexity index is 385. The van der Waals surface area contributed by atoms with Crippen molar-refractivity contribution >= 4 is 5.91 Å².